The van der Waals surface area contributed by atoms with Crippen LogP contribution in [0.25, 0.3) is 0 Å². The quantitative estimate of drug-likeness (QED) is 0.772. The van der Waals surface area contributed by atoms with Crippen LogP contribution in [-0.4, -0.2) is 28.0 Å². The van der Waals surface area contributed by atoms with Gasteiger partial charge in [-0.1, -0.05) is 17.7 Å². The van der Waals surface area contributed by atoms with E-state index in [1.54, 1.807) is 6.08 Å². The van der Waals surface area contributed by atoms with Gasteiger partial charge in [0.05, 0.1) is 5.02 Å². The molecule has 0 spiro atoms. The fourth-order valence-electron chi connectivity index (χ4n) is 1.28. The molecule has 0 aliphatic rings. The van der Waals surface area contributed by atoms with E-state index in [9.17, 15) is 9.59 Å². The highest BCUT2D eigenvalue weighted by atomic mass is 35.5. The molecule has 1 aromatic heterocycles. The van der Waals surface area contributed by atoms with Crippen LogP contribution in [0.5, 0.6) is 0 Å². The highest BCUT2D eigenvalue weighted by molar-refractivity contribution is 6.30. The van der Waals surface area contributed by atoms with Gasteiger partial charge in [-0.25, -0.2) is 9.78 Å². The molecule has 1 rings (SSSR count). The van der Waals surface area contributed by atoms with Crippen LogP contribution in [-0.2, 0) is 4.79 Å². The second-order valence-electron chi connectivity index (χ2n) is 3.59. The standard InChI is InChI=1S/C12H13ClN2O3/c1-2-3-4-10(12(17)18)15-11(16)9-6-5-8(13)7-14-9/h2,5-7,10H,1,3-4H2,(H,15,16)(H,17,18). The van der Waals surface area contributed by atoms with Crippen molar-refractivity contribution in [1.29, 1.82) is 0 Å². The van der Waals surface area contributed by atoms with E-state index in [1.165, 1.54) is 18.3 Å². The number of rotatable bonds is 6. The number of nitrogens with zero attached hydrogens (tertiary/aromatic N) is 1. The Morgan fingerprint density at radius 3 is 2.78 bits per heavy atom. The van der Waals surface area contributed by atoms with E-state index >= 15 is 0 Å². The average Bonchev–Trinajstić information content (AvgIpc) is 2.34. The lowest BCUT2D eigenvalue weighted by molar-refractivity contribution is -0.139. The highest BCUT2D eigenvalue weighted by Gasteiger charge is 2.20. The third kappa shape index (κ3) is 4.18. The van der Waals surface area contributed by atoms with E-state index in [2.05, 4.69) is 16.9 Å². The van der Waals surface area contributed by atoms with Crippen LogP contribution in [0.3, 0.4) is 0 Å². The van der Waals surface area contributed by atoms with Gasteiger partial charge in [-0.2, -0.15) is 0 Å². The van der Waals surface area contributed by atoms with Gasteiger partial charge in [-0.15, -0.1) is 6.58 Å². The van der Waals surface area contributed by atoms with Crippen molar-refractivity contribution < 1.29 is 14.7 Å². The Morgan fingerprint density at radius 1 is 1.56 bits per heavy atom. The number of amides is 1. The van der Waals surface area contributed by atoms with Crippen LogP contribution in [0.2, 0.25) is 5.02 Å². The van der Waals surface area contributed by atoms with Crippen molar-refractivity contribution in [2.75, 3.05) is 0 Å². The molecule has 1 atom stereocenters. The molecule has 0 aliphatic heterocycles. The maximum atomic E-state index is 11.7. The zero-order chi connectivity index (χ0) is 13.5. The molecule has 0 fully saturated rings. The van der Waals surface area contributed by atoms with E-state index in [4.69, 9.17) is 16.7 Å². The Morgan fingerprint density at radius 2 is 2.28 bits per heavy atom. The van der Waals surface area contributed by atoms with Crippen molar-refractivity contribution in [3.05, 3.63) is 41.7 Å². The summed E-state index contributed by atoms with van der Waals surface area (Å²) in [5.74, 6) is -1.62. The largest absolute Gasteiger partial charge is 0.480 e. The lowest BCUT2D eigenvalue weighted by Gasteiger charge is -2.13. The molecule has 0 aromatic carbocycles. The van der Waals surface area contributed by atoms with Crippen molar-refractivity contribution >= 4 is 23.5 Å². The predicted molar refractivity (Wildman–Crippen MR) is 67.6 cm³/mol. The molecular weight excluding hydrogens is 256 g/mol. The fraction of sp³-hybridized carbons (Fsp3) is 0.250. The monoisotopic (exact) mass is 268 g/mol. The van der Waals surface area contributed by atoms with Gasteiger partial charge in [0.2, 0.25) is 0 Å². The van der Waals surface area contributed by atoms with Gasteiger partial charge < -0.3 is 10.4 Å². The van der Waals surface area contributed by atoms with Gasteiger partial charge in [0, 0.05) is 6.20 Å². The molecule has 2 N–H and O–H groups in total. The van der Waals surface area contributed by atoms with Crippen molar-refractivity contribution in [2.45, 2.75) is 18.9 Å². The average molecular weight is 269 g/mol. The second-order valence-corrected chi connectivity index (χ2v) is 4.03. The molecule has 0 saturated heterocycles. The summed E-state index contributed by atoms with van der Waals surface area (Å²) in [5.41, 5.74) is 0.129. The summed E-state index contributed by atoms with van der Waals surface area (Å²) >= 11 is 5.64. The molecule has 0 radical (unpaired) electrons. The number of carbonyl (C=O) groups is 2. The summed E-state index contributed by atoms with van der Waals surface area (Å²) in [7, 11) is 0. The summed E-state index contributed by atoms with van der Waals surface area (Å²) in [5, 5.41) is 11.8. The molecule has 0 aliphatic carbocycles. The summed E-state index contributed by atoms with van der Waals surface area (Å²) in [4.78, 5) is 26.5. The first-order valence-electron chi connectivity index (χ1n) is 5.30. The van der Waals surface area contributed by atoms with Crippen LogP contribution in [0, 0.1) is 0 Å². The smallest absolute Gasteiger partial charge is 0.326 e. The van der Waals surface area contributed by atoms with Crippen LogP contribution in [0.15, 0.2) is 31.0 Å². The van der Waals surface area contributed by atoms with E-state index in [0.717, 1.165) is 0 Å². The van der Waals surface area contributed by atoms with Gasteiger partial charge in [0.15, 0.2) is 0 Å². The second kappa shape index (κ2) is 6.76. The van der Waals surface area contributed by atoms with E-state index in [-0.39, 0.29) is 12.1 Å². The molecule has 0 saturated carbocycles. The first-order chi connectivity index (χ1) is 8.54. The molecule has 96 valence electrons. The van der Waals surface area contributed by atoms with Crippen LogP contribution in [0.1, 0.15) is 23.3 Å². The predicted octanol–water partition coefficient (Wildman–Crippen LogP) is 1.88. The van der Waals surface area contributed by atoms with Crippen molar-refractivity contribution in [1.82, 2.24) is 10.3 Å². The van der Waals surface area contributed by atoms with Crippen molar-refractivity contribution in [3.8, 4) is 0 Å². The first-order valence-corrected chi connectivity index (χ1v) is 5.68. The van der Waals surface area contributed by atoms with Crippen LogP contribution >= 0.6 is 11.6 Å². The number of carboxylic acid groups (broad SMARTS) is 1. The van der Waals surface area contributed by atoms with E-state index in [0.29, 0.717) is 11.4 Å². The number of hydrogen-bond acceptors (Lipinski definition) is 3. The third-order valence-corrected chi connectivity index (χ3v) is 2.45. The lowest BCUT2D eigenvalue weighted by atomic mass is 10.1. The van der Waals surface area contributed by atoms with Gasteiger partial charge in [-0.05, 0) is 25.0 Å². The summed E-state index contributed by atoms with van der Waals surface area (Å²) in [6, 6.07) is 2.00. The number of nitrogens with one attached hydrogen (secondary N) is 1. The number of allylic oxidation sites excluding steroid dienone is 1. The van der Waals surface area contributed by atoms with E-state index in [1.807, 2.05) is 0 Å². The van der Waals surface area contributed by atoms with Crippen LogP contribution in [0.4, 0.5) is 0 Å². The molecule has 5 nitrogen and oxygen atoms in total. The number of aliphatic carboxylic acids is 1. The summed E-state index contributed by atoms with van der Waals surface area (Å²) in [6.45, 7) is 3.51. The Labute approximate surface area is 109 Å². The Hall–Kier alpha value is -1.88. The highest BCUT2D eigenvalue weighted by Crippen LogP contribution is 2.07. The normalized spacial score (nSPS) is 11.6. The summed E-state index contributed by atoms with van der Waals surface area (Å²) < 4.78 is 0. The van der Waals surface area contributed by atoms with Gasteiger partial charge >= 0.3 is 5.97 Å². The maximum Gasteiger partial charge on any atom is 0.326 e. The molecule has 6 heteroatoms. The van der Waals surface area contributed by atoms with Crippen LogP contribution < -0.4 is 5.32 Å². The molecule has 18 heavy (non-hydrogen) atoms. The number of halogens is 1. The molecule has 1 amide bonds. The number of carbonyl (C=O) groups excluding carboxylic acids is 1. The Balaban J connectivity index is 2.68. The minimum absolute atomic E-state index is 0.129. The minimum Gasteiger partial charge on any atom is -0.480 e. The van der Waals surface area contributed by atoms with Crippen molar-refractivity contribution in [3.63, 3.8) is 0 Å². The molecule has 1 unspecified atom stereocenters. The Bertz CT molecular complexity index is 445. The van der Waals surface area contributed by atoms with Gasteiger partial charge in [-0.3, -0.25) is 4.79 Å². The van der Waals surface area contributed by atoms with Crippen molar-refractivity contribution in [2.24, 2.45) is 0 Å². The fourth-order valence-corrected chi connectivity index (χ4v) is 1.40. The third-order valence-electron chi connectivity index (χ3n) is 2.22. The maximum absolute atomic E-state index is 11.7. The number of aromatic nitrogens is 1. The van der Waals surface area contributed by atoms with E-state index < -0.39 is 17.9 Å². The molecular formula is C12H13ClN2O3. The zero-order valence-electron chi connectivity index (χ0n) is 9.60. The number of hydrogen-bond donors (Lipinski definition) is 2. The van der Waals surface area contributed by atoms with Gasteiger partial charge in [0.25, 0.3) is 5.91 Å². The lowest BCUT2D eigenvalue weighted by Crippen LogP contribution is -2.40. The molecule has 0 bridgehead atoms. The zero-order valence-corrected chi connectivity index (χ0v) is 10.4. The molecule has 1 aromatic rings. The molecule has 1 heterocycles. The Kier molecular flexibility index (Phi) is 5.32. The topological polar surface area (TPSA) is 79.3 Å². The number of pyridine rings is 1. The van der Waals surface area contributed by atoms with Gasteiger partial charge in [0.1, 0.15) is 11.7 Å². The first kappa shape index (κ1) is 14.2. The number of carboxylic acids is 1. The summed E-state index contributed by atoms with van der Waals surface area (Å²) in [6.07, 6.45) is 3.72. The SMILES string of the molecule is C=CCCC(NC(=O)c1ccc(Cl)cn1)C(=O)O. The minimum atomic E-state index is -1.08.